The second-order valence-electron chi connectivity index (χ2n) is 8.54. The Morgan fingerprint density at radius 3 is 2.34 bits per heavy atom. The third-order valence-electron chi connectivity index (χ3n) is 6.10. The number of piperazine rings is 1. The van der Waals surface area contributed by atoms with E-state index in [2.05, 4.69) is 26.1 Å². The van der Waals surface area contributed by atoms with E-state index in [1.165, 1.54) is 0 Å². The number of ether oxygens (including phenoxy) is 1. The molecule has 1 aliphatic rings. The smallest absolute Gasteiger partial charge is 0.259 e. The van der Waals surface area contributed by atoms with Gasteiger partial charge in [0.1, 0.15) is 5.75 Å². The molecule has 1 heterocycles. The lowest BCUT2D eigenvalue weighted by molar-refractivity contribution is 0.0746. The lowest BCUT2D eigenvalue weighted by Gasteiger charge is -2.37. The zero-order chi connectivity index (χ0) is 25.1. The van der Waals surface area contributed by atoms with Gasteiger partial charge in [-0.2, -0.15) is 0 Å². The van der Waals surface area contributed by atoms with Crippen molar-refractivity contribution in [2.24, 2.45) is 0 Å². The Balaban J connectivity index is 1.52. The summed E-state index contributed by atoms with van der Waals surface area (Å²) < 4.78 is 6.28. The average Bonchev–Trinajstić information content (AvgIpc) is 2.84. The van der Waals surface area contributed by atoms with Crippen molar-refractivity contribution in [2.75, 3.05) is 43.5 Å². The zero-order valence-corrected chi connectivity index (χ0v) is 22.2. The molecule has 35 heavy (non-hydrogen) atoms. The van der Waals surface area contributed by atoms with E-state index in [0.717, 1.165) is 21.3 Å². The van der Waals surface area contributed by atoms with Crippen LogP contribution < -0.4 is 15.0 Å². The van der Waals surface area contributed by atoms with Gasteiger partial charge in [0.05, 0.1) is 29.1 Å². The molecule has 182 valence electrons. The maximum Gasteiger partial charge on any atom is 0.259 e. The highest BCUT2D eigenvalue weighted by molar-refractivity contribution is 9.10. The summed E-state index contributed by atoms with van der Waals surface area (Å²) in [6.45, 7) is 6.21. The van der Waals surface area contributed by atoms with Crippen LogP contribution >= 0.6 is 27.5 Å². The maximum absolute atomic E-state index is 13.2. The standard InChI is InChI=1S/C27H27BrClN3O3/c1-17-7-9-19(10-8-17)27(34)32-13-11-31(12-14-32)24-22(29)5-4-6-23(24)30-26(33)21-16-20(28)15-18(2)25(21)35-3/h4-10,15-16H,11-14H2,1-3H3,(H,30,33). The van der Waals surface area contributed by atoms with E-state index in [0.29, 0.717) is 53.8 Å². The van der Waals surface area contributed by atoms with Gasteiger partial charge in [0.2, 0.25) is 0 Å². The molecule has 1 fully saturated rings. The number of methoxy groups -OCH3 is 1. The van der Waals surface area contributed by atoms with Gasteiger partial charge in [0, 0.05) is 36.2 Å². The number of anilines is 2. The van der Waals surface area contributed by atoms with Gasteiger partial charge in [-0.1, -0.05) is 51.3 Å². The van der Waals surface area contributed by atoms with Gasteiger partial charge in [-0.05, 0) is 55.8 Å². The van der Waals surface area contributed by atoms with Crippen molar-refractivity contribution in [3.63, 3.8) is 0 Å². The number of para-hydroxylation sites is 1. The van der Waals surface area contributed by atoms with Crippen molar-refractivity contribution >= 4 is 50.7 Å². The fourth-order valence-electron chi connectivity index (χ4n) is 4.31. The number of carbonyl (C=O) groups excluding carboxylic acids is 2. The molecule has 4 rings (SSSR count). The molecular weight excluding hydrogens is 530 g/mol. The first kappa shape index (κ1) is 25.1. The summed E-state index contributed by atoms with van der Waals surface area (Å²) in [7, 11) is 1.55. The fourth-order valence-corrected chi connectivity index (χ4v) is 5.17. The number of aryl methyl sites for hydroxylation is 2. The molecule has 0 saturated carbocycles. The molecule has 3 aromatic carbocycles. The van der Waals surface area contributed by atoms with Crippen molar-refractivity contribution in [3.8, 4) is 5.75 Å². The van der Waals surface area contributed by atoms with Crippen LogP contribution in [-0.4, -0.2) is 50.0 Å². The van der Waals surface area contributed by atoms with Crippen LogP contribution in [0.2, 0.25) is 5.02 Å². The minimum atomic E-state index is -0.289. The number of benzene rings is 3. The van der Waals surface area contributed by atoms with Gasteiger partial charge < -0.3 is 19.9 Å². The van der Waals surface area contributed by atoms with Crippen LogP contribution in [0.5, 0.6) is 5.75 Å². The Bertz CT molecular complexity index is 1260. The number of nitrogens with zero attached hydrogens (tertiary/aromatic N) is 2. The topological polar surface area (TPSA) is 61.9 Å². The zero-order valence-electron chi connectivity index (χ0n) is 19.9. The number of hydrogen-bond acceptors (Lipinski definition) is 4. The van der Waals surface area contributed by atoms with E-state index in [1.54, 1.807) is 19.2 Å². The second-order valence-corrected chi connectivity index (χ2v) is 9.86. The molecule has 1 saturated heterocycles. The van der Waals surface area contributed by atoms with E-state index < -0.39 is 0 Å². The van der Waals surface area contributed by atoms with E-state index in [9.17, 15) is 9.59 Å². The van der Waals surface area contributed by atoms with Crippen molar-refractivity contribution in [2.45, 2.75) is 13.8 Å². The van der Waals surface area contributed by atoms with Crippen molar-refractivity contribution in [3.05, 3.63) is 86.3 Å². The van der Waals surface area contributed by atoms with Gasteiger partial charge >= 0.3 is 0 Å². The minimum Gasteiger partial charge on any atom is -0.496 e. The van der Waals surface area contributed by atoms with Crippen LogP contribution in [0.15, 0.2) is 59.1 Å². The normalized spacial score (nSPS) is 13.5. The van der Waals surface area contributed by atoms with E-state index in [-0.39, 0.29) is 11.8 Å². The van der Waals surface area contributed by atoms with E-state index in [1.807, 2.05) is 61.2 Å². The summed E-state index contributed by atoms with van der Waals surface area (Å²) in [5, 5.41) is 3.55. The Morgan fingerprint density at radius 2 is 1.69 bits per heavy atom. The Kier molecular flexibility index (Phi) is 7.67. The van der Waals surface area contributed by atoms with Crippen molar-refractivity contribution < 1.29 is 14.3 Å². The summed E-state index contributed by atoms with van der Waals surface area (Å²) in [5.74, 6) is 0.259. The summed E-state index contributed by atoms with van der Waals surface area (Å²) in [5.41, 5.74) is 4.45. The Morgan fingerprint density at radius 1 is 1.00 bits per heavy atom. The number of amides is 2. The van der Waals surface area contributed by atoms with Gasteiger partial charge in [0.15, 0.2) is 0 Å². The maximum atomic E-state index is 13.2. The van der Waals surface area contributed by atoms with Crippen LogP contribution in [-0.2, 0) is 0 Å². The van der Waals surface area contributed by atoms with Crippen molar-refractivity contribution in [1.29, 1.82) is 0 Å². The molecule has 0 bridgehead atoms. The largest absolute Gasteiger partial charge is 0.496 e. The number of rotatable bonds is 5. The molecule has 0 aromatic heterocycles. The Hall–Kier alpha value is -3.03. The highest BCUT2D eigenvalue weighted by atomic mass is 79.9. The molecule has 1 aliphatic heterocycles. The second kappa shape index (κ2) is 10.7. The van der Waals surface area contributed by atoms with Gasteiger partial charge in [-0.3, -0.25) is 9.59 Å². The number of halogens is 2. The van der Waals surface area contributed by atoms with Gasteiger partial charge in [-0.25, -0.2) is 0 Å². The number of nitrogens with one attached hydrogen (secondary N) is 1. The van der Waals surface area contributed by atoms with Crippen LogP contribution in [0.4, 0.5) is 11.4 Å². The van der Waals surface area contributed by atoms with Crippen molar-refractivity contribution in [1.82, 2.24) is 4.90 Å². The molecule has 0 radical (unpaired) electrons. The average molecular weight is 557 g/mol. The number of hydrogen-bond donors (Lipinski definition) is 1. The molecule has 0 aliphatic carbocycles. The highest BCUT2D eigenvalue weighted by Crippen LogP contribution is 2.36. The van der Waals surface area contributed by atoms with Gasteiger partial charge in [0.25, 0.3) is 11.8 Å². The monoisotopic (exact) mass is 555 g/mol. The third-order valence-corrected chi connectivity index (χ3v) is 6.87. The molecule has 0 atom stereocenters. The lowest BCUT2D eigenvalue weighted by atomic mass is 10.1. The molecule has 3 aromatic rings. The third kappa shape index (κ3) is 5.46. The van der Waals surface area contributed by atoms with Crippen LogP contribution in [0.1, 0.15) is 31.8 Å². The first-order chi connectivity index (χ1) is 16.8. The van der Waals surface area contributed by atoms with E-state index >= 15 is 0 Å². The molecule has 2 amide bonds. The molecule has 6 nitrogen and oxygen atoms in total. The summed E-state index contributed by atoms with van der Waals surface area (Å²) in [6, 6.07) is 16.7. The molecular formula is C27H27BrClN3O3. The summed E-state index contributed by atoms with van der Waals surface area (Å²) in [4.78, 5) is 30.1. The lowest BCUT2D eigenvalue weighted by Crippen LogP contribution is -2.49. The predicted octanol–water partition coefficient (Wildman–Crippen LogP) is 5.94. The Labute approximate surface area is 219 Å². The first-order valence-electron chi connectivity index (χ1n) is 11.3. The minimum absolute atomic E-state index is 0.0226. The van der Waals surface area contributed by atoms with E-state index in [4.69, 9.17) is 16.3 Å². The predicted molar refractivity (Wildman–Crippen MR) is 144 cm³/mol. The molecule has 0 unspecified atom stereocenters. The quantitative estimate of drug-likeness (QED) is 0.422. The van der Waals surface area contributed by atoms with Crippen LogP contribution in [0.3, 0.4) is 0 Å². The highest BCUT2D eigenvalue weighted by Gasteiger charge is 2.26. The molecule has 0 spiro atoms. The summed E-state index contributed by atoms with van der Waals surface area (Å²) in [6.07, 6.45) is 0. The van der Waals surface area contributed by atoms with Crippen LogP contribution in [0, 0.1) is 13.8 Å². The SMILES string of the molecule is COc1c(C)cc(Br)cc1C(=O)Nc1cccc(Cl)c1N1CCN(C(=O)c2ccc(C)cc2)CC1. The molecule has 1 N–H and O–H groups in total. The summed E-state index contributed by atoms with van der Waals surface area (Å²) >= 11 is 10.1. The van der Waals surface area contributed by atoms with Gasteiger partial charge in [-0.15, -0.1) is 0 Å². The van der Waals surface area contributed by atoms with Crippen LogP contribution in [0.25, 0.3) is 0 Å². The molecule has 8 heteroatoms. The first-order valence-corrected chi connectivity index (χ1v) is 12.5. The fraction of sp³-hybridized carbons (Fsp3) is 0.259. The number of carbonyl (C=O) groups is 2.